The van der Waals surface area contributed by atoms with E-state index in [-0.39, 0.29) is 11.8 Å². The van der Waals surface area contributed by atoms with Gasteiger partial charge in [0.2, 0.25) is 11.8 Å². The Bertz CT molecular complexity index is 345. The Hall–Kier alpha value is -1.10. The van der Waals surface area contributed by atoms with E-state index in [1.807, 2.05) is 0 Å². The topological polar surface area (TPSA) is 78.4 Å². The van der Waals surface area contributed by atoms with Crippen LogP contribution in [0.2, 0.25) is 0 Å². The highest BCUT2D eigenvalue weighted by Gasteiger charge is 2.34. The number of hydrogen-bond donors (Lipinski definition) is 3. The van der Waals surface area contributed by atoms with Crippen LogP contribution in [0.15, 0.2) is 0 Å². The zero-order chi connectivity index (χ0) is 13.2. The van der Waals surface area contributed by atoms with Gasteiger partial charge in [0.25, 0.3) is 0 Å². The van der Waals surface area contributed by atoms with Gasteiger partial charge in [-0.05, 0) is 25.2 Å². The van der Waals surface area contributed by atoms with Crippen molar-refractivity contribution in [3.63, 3.8) is 0 Å². The third-order valence-corrected chi connectivity index (χ3v) is 3.97. The van der Waals surface area contributed by atoms with Gasteiger partial charge in [0.05, 0.1) is 5.60 Å². The molecule has 3 N–H and O–H groups in total. The fourth-order valence-electron chi connectivity index (χ4n) is 2.98. The van der Waals surface area contributed by atoms with Crippen molar-refractivity contribution < 1.29 is 14.7 Å². The van der Waals surface area contributed by atoms with Gasteiger partial charge in [-0.15, -0.1) is 0 Å². The van der Waals surface area contributed by atoms with Crippen LogP contribution in [0.5, 0.6) is 0 Å². The summed E-state index contributed by atoms with van der Waals surface area (Å²) in [4.78, 5) is 22.8. The summed E-state index contributed by atoms with van der Waals surface area (Å²) in [5, 5.41) is 15.8. The average Bonchev–Trinajstić information content (AvgIpc) is 2.73. The minimum atomic E-state index is -0.768. The third-order valence-electron chi connectivity index (χ3n) is 3.97. The summed E-state index contributed by atoms with van der Waals surface area (Å²) in [5.74, 6) is 0.263. The van der Waals surface area contributed by atoms with Crippen molar-refractivity contribution in [1.29, 1.82) is 0 Å². The Morgan fingerprint density at radius 2 is 2.33 bits per heavy atom. The molecule has 0 aromatic rings. The first-order valence-corrected chi connectivity index (χ1v) is 6.78. The summed E-state index contributed by atoms with van der Waals surface area (Å²) in [7, 11) is 0. The van der Waals surface area contributed by atoms with Crippen molar-refractivity contribution in [2.75, 3.05) is 6.54 Å². The normalized spacial score (nSPS) is 36.2. The maximum Gasteiger partial charge on any atom is 0.242 e. The molecule has 0 spiro atoms. The van der Waals surface area contributed by atoms with E-state index >= 15 is 0 Å². The zero-order valence-electron chi connectivity index (χ0n) is 10.9. The first kappa shape index (κ1) is 13.3. The van der Waals surface area contributed by atoms with Crippen molar-refractivity contribution in [1.82, 2.24) is 10.6 Å². The highest BCUT2D eigenvalue weighted by Crippen LogP contribution is 2.31. The van der Waals surface area contributed by atoms with E-state index in [2.05, 4.69) is 17.6 Å². The predicted molar refractivity (Wildman–Crippen MR) is 66.8 cm³/mol. The smallest absolute Gasteiger partial charge is 0.242 e. The van der Waals surface area contributed by atoms with E-state index in [1.54, 1.807) is 0 Å². The minimum Gasteiger partial charge on any atom is -0.388 e. The van der Waals surface area contributed by atoms with E-state index in [1.165, 1.54) is 0 Å². The molecule has 0 radical (unpaired) electrons. The Morgan fingerprint density at radius 1 is 1.56 bits per heavy atom. The molecule has 3 atom stereocenters. The second kappa shape index (κ2) is 5.26. The van der Waals surface area contributed by atoms with Crippen LogP contribution >= 0.6 is 0 Å². The lowest BCUT2D eigenvalue weighted by Gasteiger charge is -2.35. The van der Waals surface area contributed by atoms with Gasteiger partial charge in [-0.2, -0.15) is 0 Å². The van der Waals surface area contributed by atoms with Crippen LogP contribution in [0.3, 0.4) is 0 Å². The SMILES string of the molecule is CC1CCCC(O)(CNC(=O)[C@H]2CCC(=O)N2)C1. The molecule has 18 heavy (non-hydrogen) atoms. The largest absolute Gasteiger partial charge is 0.388 e. The molecule has 1 saturated carbocycles. The van der Waals surface area contributed by atoms with Gasteiger partial charge in [-0.1, -0.05) is 19.8 Å². The Kier molecular flexibility index (Phi) is 3.90. The fourth-order valence-corrected chi connectivity index (χ4v) is 2.98. The number of carbonyl (C=O) groups is 2. The van der Waals surface area contributed by atoms with Crippen LogP contribution < -0.4 is 10.6 Å². The van der Waals surface area contributed by atoms with Crippen molar-refractivity contribution in [2.24, 2.45) is 5.92 Å². The maximum absolute atomic E-state index is 11.8. The summed E-state index contributed by atoms with van der Waals surface area (Å²) >= 11 is 0. The quantitative estimate of drug-likeness (QED) is 0.679. The summed E-state index contributed by atoms with van der Waals surface area (Å²) < 4.78 is 0. The summed E-state index contributed by atoms with van der Waals surface area (Å²) in [6.45, 7) is 2.42. The van der Waals surface area contributed by atoms with Crippen LogP contribution in [-0.2, 0) is 9.59 Å². The van der Waals surface area contributed by atoms with E-state index < -0.39 is 11.6 Å². The van der Waals surface area contributed by atoms with Crippen LogP contribution in [0.4, 0.5) is 0 Å². The minimum absolute atomic E-state index is 0.0693. The van der Waals surface area contributed by atoms with Crippen LogP contribution in [0.25, 0.3) is 0 Å². The molecule has 2 unspecified atom stereocenters. The molecule has 0 bridgehead atoms. The molecular weight excluding hydrogens is 232 g/mol. The van der Waals surface area contributed by atoms with Gasteiger partial charge in [-0.3, -0.25) is 9.59 Å². The molecule has 2 rings (SSSR count). The number of rotatable bonds is 3. The Morgan fingerprint density at radius 3 is 2.94 bits per heavy atom. The number of hydrogen-bond acceptors (Lipinski definition) is 3. The molecule has 1 heterocycles. The predicted octanol–water partition coefficient (Wildman–Crippen LogP) is 0.322. The van der Waals surface area contributed by atoms with E-state index in [0.29, 0.717) is 25.3 Å². The average molecular weight is 254 g/mol. The molecule has 2 fully saturated rings. The molecule has 102 valence electrons. The second-order valence-corrected chi connectivity index (χ2v) is 5.80. The highest BCUT2D eigenvalue weighted by atomic mass is 16.3. The second-order valence-electron chi connectivity index (χ2n) is 5.80. The molecule has 5 heteroatoms. The van der Waals surface area contributed by atoms with Gasteiger partial charge in [0.15, 0.2) is 0 Å². The lowest BCUT2D eigenvalue weighted by atomic mass is 9.79. The Labute approximate surface area is 107 Å². The van der Waals surface area contributed by atoms with E-state index in [9.17, 15) is 14.7 Å². The molecule has 1 saturated heterocycles. The summed E-state index contributed by atoms with van der Waals surface area (Å²) in [6, 6.07) is -0.415. The molecular formula is C13H22N2O3. The van der Waals surface area contributed by atoms with Crippen LogP contribution in [0.1, 0.15) is 45.4 Å². The van der Waals surface area contributed by atoms with Gasteiger partial charge in [0, 0.05) is 13.0 Å². The van der Waals surface area contributed by atoms with E-state index in [0.717, 1.165) is 25.7 Å². The first-order valence-electron chi connectivity index (χ1n) is 6.78. The van der Waals surface area contributed by atoms with E-state index in [4.69, 9.17) is 0 Å². The molecule has 1 aliphatic carbocycles. The molecule has 0 aromatic carbocycles. The molecule has 0 aromatic heterocycles. The highest BCUT2D eigenvalue weighted by molar-refractivity contribution is 5.90. The molecule has 5 nitrogen and oxygen atoms in total. The van der Waals surface area contributed by atoms with Crippen LogP contribution in [0, 0.1) is 5.92 Å². The van der Waals surface area contributed by atoms with Crippen molar-refractivity contribution in [3.8, 4) is 0 Å². The standard InChI is InChI=1S/C13H22N2O3/c1-9-3-2-6-13(18,7-9)8-14-12(17)10-4-5-11(16)15-10/h9-10,18H,2-8H2,1H3,(H,14,17)(H,15,16)/t9?,10-,13?/m1/s1. The summed E-state index contributed by atoms with van der Waals surface area (Å²) in [6.07, 6.45) is 4.61. The van der Waals surface area contributed by atoms with Gasteiger partial charge < -0.3 is 15.7 Å². The number of nitrogens with one attached hydrogen (secondary N) is 2. The summed E-state index contributed by atoms with van der Waals surface area (Å²) in [5.41, 5.74) is -0.768. The van der Waals surface area contributed by atoms with Gasteiger partial charge >= 0.3 is 0 Å². The molecule has 2 aliphatic rings. The van der Waals surface area contributed by atoms with Crippen molar-refractivity contribution >= 4 is 11.8 Å². The number of aliphatic hydroxyl groups is 1. The lowest BCUT2D eigenvalue weighted by molar-refractivity contribution is -0.127. The molecule has 1 aliphatic heterocycles. The third kappa shape index (κ3) is 3.22. The molecule has 2 amide bonds. The zero-order valence-corrected chi connectivity index (χ0v) is 10.9. The first-order chi connectivity index (χ1) is 8.48. The Balaban J connectivity index is 1.80. The number of amides is 2. The van der Waals surface area contributed by atoms with Gasteiger partial charge in [-0.25, -0.2) is 0 Å². The maximum atomic E-state index is 11.8. The van der Waals surface area contributed by atoms with Crippen LogP contribution in [-0.4, -0.2) is 35.1 Å². The van der Waals surface area contributed by atoms with Crippen molar-refractivity contribution in [3.05, 3.63) is 0 Å². The monoisotopic (exact) mass is 254 g/mol. The fraction of sp³-hybridized carbons (Fsp3) is 0.846. The van der Waals surface area contributed by atoms with Crippen molar-refractivity contribution in [2.45, 2.75) is 57.1 Å². The van der Waals surface area contributed by atoms with Gasteiger partial charge in [0.1, 0.15) is 6.04 Å². The number of carbonyl (C=O) groups excluding carboxylic acids is 2. The lowest BCUT2D eigenvalue weighted by Crippen LogP contribution is -2.50.